The van der Waals surface area contributed by atoms with E-state index < -0.39 is 0 Å². The third-order valence-corrected chi connectivity index (χ3v) is 3.82. The van der Waals surface area contributed by atoms with Crippen molar-refractivity contribution in [1.29, 1.82) is 0 Å². The topological polar surface area (TPSA) is 29.1 Å². The van der Waals surface area contributed by atoms with E-state index in [4.69, 9.17) is 12.2 Å². The summed E-state index contributed by atoms with van der Waals surface area (Å²) in [6, 6.07) is 4.24. The number of amides is 1. The average molecular weight is 263 g/mol. The first kappa shape index (κ1) is 12.3. The van der Waals surface area contributed by atoms with Crippen LogP contribution in [-0.4, -0.2) is 10.2 Å². The van der Waals surface area contributed by atoms with Crippen molar-refractivity contribution in [1.82, 2.24) is 5.32 Å². The van der Waals surface area contributed by atoms with Gasteiger partial charge in [-0.2, -0.15) is 0 Å². The maximum absolute atomic E-state index is 11.6. The van der Waals surface area contributed by atoms with E-state index >= 15 is 0 Å². The van der Waals surface area contributed by atoms with Crippen LogP contribution >= 0.6 is 24.0 Å². The van der Waals surface area contributed by atoms with E-state index in [0.29, 0.717) is 9.23 Å². The van der Waals surface area contributed by atoms with Crippen molar-refractivity contribution in [2.75, 3.05) is 0 Å². The zero-order valence-corrected chi connectivity index (χ0v) is 11.6. The van der Waals surface area contributed by atoms with Crippen LogP contribution in [0.15, 0.2) is 17.0 Å². The van der Waals surface area contributed by atoms with E-state index in [9.17, 15) is 4.79 Å². The Morgan fingerprint density at radius 2 is 1.82 bits per heavy atom. The van der Waals surface area contributed by atoms with Crippen LogP contribution in [0.4, 0.5) is 0 Å². The number of hydrogen-bond donors (Lipinski definition) is 1. The first-order valence-electron chi connectivity index (χ1n) is 5.30. The van der Waals surface area contributed by atoms with E-state index in [0.717, 1.165) is 5.56 Å². The Labute approximate surface area is 110 Å². The highest BCUT2D eigenvalue weighted by molar-refractivity contribution is 8.26. The summed E-state index contributed by atoms with van der Waals surface area (Å²) in [7, 11) is 0. The molecule has 1 aliphatic rings. The fourth-order valence-corrected chi connectivity index (χ4v) is 3.00. The zero-order valence-electron chi connectivity index (χ0n) is 9.96. The minimum atomic E-state index is -0.0978. The highest BCUT2D eigenvalue weighted by Gasteiger charge is 2.22. The molecule has 1 amide bonds. The number of carbonyl (C=O) groups is 1. The Morgan fingerprint density at radius 3 is 2.29 bits per heavy atom. The van der Waals surface area contributed by atoms with Crippen LogP contribution in [0.1, 0.15) is 22.3 Å². The summed E-state index contributed by atoms with van der Waals surface area (Å²) in [6.45, 7) is 6.19. The molecule has 88 valence electrons. The highest BCUT2D eigenvalue weighted by atomic mass is 32.2. The quantitative estimate of drug-likeness (QED) is 0.623. The third-order valence-electron chi connectivity index (χ3n) is 2.66. The standard InChI is InChI=1S/C13H13NOS2/c1-7-4-8(2)10(9(3)5-7)6-11-12(15)14-13(16)17-11/h4-6H,1-3H3,(H,14,15,16)/b11-6+. The summed E-state index contributed by atoms with van der Waals surface area (Å²) in [5.41, 5.74) is 4.71. The minimum absolute atomic E-state index is 0.0978. The van der Waals surface area contributed by atoms with Gasteiger partial charge in [-0.05, 0) is 43.5 Å². The normalized spacial score (nSPS) is 17.7. The van der Waals surface area contributed by atoms with Gasteiger partial charge in [-0.15, -0.1) is 0 Å². The molecule has 0 aliphatic carbocycles. The lowest BCUT2D eigenvalue weighted by Gasteiger charge is -2.07. The van der Waals surface area contributed by atoms with Gasteiger partial charge in [-0.25, -0.2) is 0 Å². The first-order valence-corrected chi connectivity index (χ1v) is 6.52. The number of benzene rings is 1. The molecule has 0 bridgehead atoms. The van der Waals surface area contributed by atoms with Gasteiger partial charge < -0.3 is 5.32 Å². The van der Waals surface area contributed by atoms with E-state index in [1.807, 2.05) is 6.08 Å². The Kier molecular flexibility index (Phi) is 3.35. The number of carbonyl (C=O) groups excluding carboxylic acids is 1. The summed E-state index contributed by atoms with van der Waals surface area (Å²) in [5.74, 6) is -0.0978. The van der Waals surface area contributed by atoms with Crippen LogP contribution in [0.25, 0.3) is 6.08 Å². The molecule has 1 aromatic carbocycles. The molecular formula is C13H13NOS2. The average Bonchev–Trinajstić information content (AvgIpc) is 2.51. The minimum Gasteiger partial charge on any atom is -0.307 e. The van der Waals surface area contributed by atoms with Gasteiger partial charge >= 0.3 is 0 Å². The zero-order chi connectivity index (χ0) is 12.6. The summed E-state index contributed by atoms with van der Waals surface area (Å²) < 4.78 is 0.531. The highest BCUT2D eigenvalue weighted by Crippen LogP contribution is 2.28. The summed E-state index contributed by atoms with van der Waals surface area (Å²) in [5, 5.41) is 2.62. The molecule has 17 heavy (non-hydrogen) atoms. The number of nitrogens with one attached hydrogen (secondary N) is 1. The Bertz CT molecular complexity index is 523. The maximum atomic E-state index is 11.6. The number of thioether (sulfide) groups is 1. The molecule has 0 radical (unpaired) electrons. The van der Waals surface area contributed by atoms with Crippen molar-refractivity contribution < 1.29 is 4.79 Å². The predicted molar refractivity (Wildman–Crippen MR) is 77.0 cm³/mol. The second-order valence-corrected chi connectivity index (χ2v) is 5.88. The number of aryl methyl sites for hydroxylation is 3. The molecule has 0 aromatic heterocycles. The molecule has 1 N–H and O–H groups in total. The fourth-order valence-electron chi connectivity index (χ4n) is 1.97. The molecule has 0 saturated carbocycles. The van der Waals surface area contributed by atoms with Crippen LogP contribution in [0, 0.1) is 20.8 Å². The lowest BCUT2D eigenvalue weighted by Crippen LogP contribution is -2.17. The fraction of sp³-hybridized carbons (Fsp3) is 0.231. The molecule has 0 atom stereocenters. The van der Waals surface area contributed by atoms with Gasteiger partial charge in [-0.3, -0.25) is 4.79 Å². The van der Waals surface area contributed by atoms with Crippen LogP contribution in [0.3, 0.4) is 0 Å². The third kappa shape index (κ3) is 2.58. The molecule has 0 spiro atoms. The van der Waals surface area contributed by atoms with Gasteiger partial charge in [0.2, 0.25) is 0 Å². The van der Waals surface area contributed by atoms with Crippen molar-refractivity contribution in [2.45, 2.75) is 20.8 Å². The lowest BCUT2D eigenvalue weighted by atomic mass is 9.99. The van der Waals surface area contributed by atoms with Gasteiger partial charge in [0, 0.05) is 0 Å². The van der Waals surface area contributed by atoms with Crippen LogP contribution in [0.2, 0.25) is 0 Å². The summed E-state index contributed by atoms with van der Waals surface area (Å²) in [6.07, 6.45) is 1.92. The van der Waals surface area contributed by atoms with Gasteiger partial charge in [0.15, 0.2) is 0 Å². The molecule has 0 unspecified atom stereocenters. The molecular weight excluding hydrogens is 250 g/mol. The van der Waals surface area contributed by atoms with Gasteiger partial charge in [0.1, 0.15) is 4.32 Å². The van der Waals surface area contributed by atoms with Crippen molar-refractivity contribution in [3.63, 3.8) is 0 Å². The SMILES string of the molecule is Cc1cc(C)c(/C=C2/SC(=S)NC2=O)c(C)c1. The van der Waals surface area contributed by atoms with Crippen molar-refractivity contribution in [2.24, 2.45) is 0 Å². The Hall–Kier alpha value is -1.13. The molecule has 2 nitrogen and oxygen atoms in total. The molecule has 1 aliphatic heterocycles. The predicted octanol–water partition coefficient (Wildman–Crippen LogP) is 3.10. The Balaban J connectivity index is 2.46. The Morgan fingerprint density at radius 1 is 1.24 bits per heavy atom. The van der Waals surface area contributed by atoms with Crippen LogP contribution in [0.5, 0.6) is 0 Å². The second kappa shape index (κ2) is 4.63. The maximum Gasteiger partial charge on any atom is 0.263 e. The summed E-state index contributed by atoms with van der Waals surface area (Å²) in [4.78, 5) is 12.3. The van der Waals surface area contributed by atoms with Gasteiger partial charge in [-0.1, -0.05) is 41.7 Å². The van der Waals surface area contributed by atoms with Crippen molar-refractivity contribution in [3.8, 4) is 0 Å². The van der Waals surface area contributed by atoms with E-state index in [2.05, 4.69) is 38.2 Å². The monoisotopic (exact) mass is 263 g/mol. The van der Waals surface area contributed by atoms with E-state index in [-0.39, 0.29) is 5.91 Å². The second-order valence-electron chi connectivity index (χ2n) is 4.16. The molecule has 1 aromatic rings. The van der Waals surface area contributed by atoms with E-state index in [1.54, 1.807) is 0 Å². The van der Waals surface area contributed by atoms with Crippen LogP contribution < -0.4 is 5.32 Å². The molecule has 1 fully saturated rings. The smallest absolute Gasteiger partial charge is 0.263 e. The van der Waals surface area contributed by atoms with Gasteiger partial charge in [0.25, 0.3) is 5.91 Å². The molecule has 2 rings (SSSR count). The van der Waals surface area contributed by atoms with E-state index in [1.165, 1.54) is 28.5 Å². The number of thiocarbonyl (C=S) groups is 1. The first-order chi connectivity index (χ1) is 7.97. The lowest BCUT2D eigenvalue weighted by molar-refractivity contribution is -0.115. The summed E-state index contributed by atoms with van der Waals surface area (Å²) >= 11 is 6.29. The van der Waals surface area contributed by atoms with Crippen molar-refractivity contribution >= 4 is 40.3 Å². The van der Waals surface area contributed by atoms with Crippen molar-refractivity contribution in [3.05, 3.63) is 39.3 Å². The largest absolute Gasteiger partial charge is 0.307 e. The van der Waals surface area contributed by atoms with Crippen LogP contribution in [-0.2, 0) is 4.79 Å². The number of rotatable bonds is 1. The molecule has 1 heterocycles. The number of hydrogen-bond acceptors (Lipinski definition) is 3. The molecule has 1 saturated heterocycles. The van der Waals surface area contributed by atoms with Gasteiger partial charge in [0.05, 0.1) is 4.91 Å². The molecule has 4 heteroatoms.